The van der Waals surface area contributed by atoms with E-state index in [0.29, 0.717) is 11.8 Å². The average Bonchev–Trinajstić information content (AvgIpc) is 3.41. The van der Waals surface area contributed by atoms with Crippen molar-refractivity contribution >= 4 is 23.9 Å². The molecule has 0 aliphatic heterocycles. The van der Waals surface area contributed by atoms with Crippen LogP contribution < -0.4 is 10.2 Å². The molecule has 5 rings (SSSR count). The van der Waals surface area contributed by atoms with E-state index >= 15 is 0 Å². The number of thioether (sulfide) groups is 1. The van der Waals surface area contributed by atoms with Crippen molar-refractivity contribution in [2.45, 2.75) is 25.6 Å². The van der Waals surface area contributed by atoms with Crippen LogP contribution in [0.5, 0.6) is 5.75 Å². The molecule has 0 aliphatic rings. The van der Waals surface area contributed by atoms with Crippen LogP contribution in [0.3, 0.4) is 0 Å². The number of aromatic nitrogens is 3. The molecule has 7 nitrogen and oxygen atoms in total. The minimum Gasteiger partial charge on any atom is -0.489 e. The van der Waals surface area contributed by atoms with Gasteiger partial charge in [-0.1, -0.05) is 89.6 Å². The molecule has 1 N–H and O–H groups in total. The zero-order valence-electron chi connectivity index (χ0n) is 22.3. The molecule has 0 atom stereocenters. The molecule has 0 saturated heterocycles. The number of carbonyl (C=O) groups excluding carboxylic acids is 1. The Balaban J connectivity index is 1.19. The van der Waals surface area contributed by atoms with Gasteiger partial charge in [0.05, 0.1) is 12.0 Å². The van der Waals surface area contributed by atoms with E-state index in [1.54, 1.807) is 6.21 Å². The molecule has 5 aromatic rings. The molecule has 0 unspecified atom stereocenters. The molecule has 8 heteroatoms. The van der Waals surface area contributed by atoms with Crippen LogP contribution in [0.4, 0.5) is 0 Å². The summed E-state index contributed by atoms with van der Waals surface area (Å²) in [5.74, 6) is 1.39. The number of hydrazone groups is 1. The van der Waals surface area contributed by atoms with E-state index < -0.39 is 0 Å². The van der Waals surface area contributed by atoms with Crippen LogP contribution in [0.1, 0.15) is 22.3 Å². The standard InChI is InChI=1S/C32H29N5O2S/c1-23-8-14-27(15-9-23)31-35-36-32(37(31)28-16-10-24(2)11-17-28)40-22-30(38)34-33-20-25-12-18-29(19-13-25)39-21-26-6-4-3-5-7-26/h3-20H,21-22H2,1-2H3,(H,34,38)/b33-20+. The first-order valence-electron chi connectivity index (χ1n) is 12.9. The molecule has 0 spiro atoms. The lowest BCUT2D eigenvalue weighted by atomic mass is 10.1. The number of nitrogens with one attached hydrogen (secondary N) is 1. The SMILES string of the molecule is Cc1ccc(-c2nnc(SCC(=O)N/N=C/c3ccc(OCc4ccccc4)cc3)n2-c2ccc(C)cc2)cc1. The van der Waals surface area contributed by atoms with Crippen LogP contribution in [0, 0.1) is 13.8 Å². The second-order valence-electron chi connectivity index (χ2n) is 9.27. The number of ether oxygens (including phenoxy) is 1. The second kappa shape index (κ2) is 12.9. The van der Waals surface area contributed by atoms with Gasteiger partial charge in [-0.25, -0.2) is 5.43 Å². The highest BCUT2D eigenvalue weighted by atomic mass is 32.2. The molecule has 40 heavy (non-hydrogen) atoms. The van der Waals surface area contributed by atoms with Gasteiger partial charge in [0.25, 0.3) is 5.91 Å². The van der Waals surface area contributed by atoms with Crippen LogP contribution in [0.2, 0.25) is 0 Å². The third kappa shape index (κ3) is 7.03. The molecule has 1 aromatic heterocycles. The van der Waals surface area contributed by atoms with E-state index in [1.807, 2.05) is 122 Å². The van der Waals surface area contributed by atoms with Crippen molar-refractivity contribution in [3.05, 3.63) is 125 Å². The zero-order valence-corrected chi connectivity index (χ0v) is 23.1. The van der Waals surface area contributed by atoms with E-state index in [-0.39, 0.29) is 11.7 Å². The molecule has 4 aromatic carbocycles. The van der Waals surface area contributed by atoms with Gasteiger partial charge in [-0.2, -0.15) is 5.10 Å². The number of amides is 1. The van der Waals surface area contributed by atoms with Crippen LogP contribution in [-0.4, -0.2) is 32.6 Å². The van der Waals surface area contributed by atoms with Crippen LogP contribution in [-0.2, 0) is 11.4 Å². The number of carbonyl (C=O) groups is 1. The molecule has 0 fully saturated rings. The molecule has 0 radical (unpaired) electrons. The van der Waals surface area contributed by atoms with Crippen molar-refractivity contribution in [3.63, 3.8) is 0 Å². The van der Waals surface area contributed by atoms with Crippen LogP contribution in [0.25, 0.3) is 17.1 Å². The van der Waals surface area contributed by atoms with Crippen LogP contribution >= 0.6 is 11.8 Å². The van der Waals surface area contributed by atoms with Gasteiger partial charge in [0.15, 0.2) is 11.0 Å². The normalized spacial score (nSPS) is 11.1. The minimum absolute atomic E-state index is 0.140. The summed E-state index contributed by atoms with van der Waals surface area (Å²) in [6.45, 7) is 4.60. The fraction of sp³-hybridized carbons (Fsp3) is 0.125. The number of hydrogen-bond acceptors (Lipinski definition) is 6. The lowest BCUT2D eigenvalue weighted by molar-refractivity contribution is -0.118. The van der Waals surface area contributed by atoms with Gasteiger partial charge in [-0.15, -0.1) is 10.2 Å². The van der Waals surface area contributed by atoms with Gasteiger partial charge >= 0.3 is 0 Å². The largest absolute Gasteiger partial charge is 0.489 e. The fourth-order valence-electron chi connectivity index (χ4n) is 3.91. The van der Waals surface area contributed by atoms with Gasteiger partial charge in [0, 0.05) is 11.3 Å². The third-order valence-electron chi connectivity index (χ3n) is 6.10. The fourth-order valence-corrected chi connectivity index (χ4v) is 4.66. The van der Waals surface area contributed by atoms with Crippen molar-refractivity contribution in [3.8, 4) is 22.8 Å². The Bertz CT molecular complexity index is 1580. The highest BCUT2D eigenvalue weighted by molar-refractivity contribution is 7.99. The summed E-state index contributed by atoms with van der Waals surface area (Å²) >= 11 is 1.31. The third-order valence-corrected chi connectivity index (χ3v) is 7.03. The first-order valence-corrected chi connectivity index (χ1v) is 13.8. The Morgan fingerprint density at radius 1 is 0.875 bits per heavy atom. The predicted molar refractivity (Wildman–Crippen MR) is 160 cm³/mol. The smallest absolute Gasteiger partial charge is 0.250 e. The maximum atomic E-state index is 12.6. The lowest BCUT2D eigenvalue weighted by Gasteiger charge is -2.11. The summed E-state index contributed by atoms with van der Waals surface area (Å²) in [5, 5.41) is 13.6. The Kier molecular flexibility index (Phi) is 8.68. The molecule has 200 valence electrons. The Hall–Kier alpha value is -4.69. The summed E-state index contributed by atoms with van der Waals surface area (Å²) in [6, 6.07) is 33.9. The average molecular weight is 548 g/mol. The van der Waals surface area contributed by atoms with Crippen molar-refractivity contribution in [2.24, 2.45) is 5.10 Å². The van der Waals surface area contributed by atoms with Gasteiger partial charge in [0.2, 0.25) is 0 Å². The monoisotopic (exact) mass is 547 g/mol. The first kappa shape index (κ1) is 26.9. The number of benzene rings is 4. The lowest BCUT2D eigenvalue weighted by Crippen LogP contribution is -2.20. The maximum absolute atomic E-state index is 12.6. The second-order valence-corrected chi connectivity index (χ2v) is 10.2. The number of aryl methyl sites for hydroxylation is 2. The zero-order chi connectivity index (χ0) is 27.7. The quantitative estimate of drug-likeness (QED) is 0.125. The van der Waals surface area contributed by atoms with E-state index in [9.17, 15) is 4.79 Å². The van der Waals surface area contributed by atoms with Crippen molar-refractivity contribution < 1.29 is 9.53 Å². The molecule has 1 amide bonds. The summed E-state index contributed by atoms with van der Waals surface area (Å²) in [4.78, 5) is 12.6. The summed E-state index contributed by atoms with van der Waals surface area (Å²) in [7, 11) is 0. The summed E-state index contributed by atoms with van der Waals surface area (Å²) in [6.07, 6.45) is 1.61. The molecule has 0 saturated carbocycles. The van der Waals surface area contributed by atoms with Gasteiger partial charge in [0.1, 0.15) is 12.4 Å². The van der Waals surface area contributed by atoms with Crippen LogP contribution in [0.15, 0.2) is 113 Å². The summed E-state index contributed by atoms with van der Waals surface area (Å²) in [5.41, 5.74) is 8.77. The van der Waals surface area contributed by atoms with E-state index in [4.69, 9.17) is 4.74 Å². The highest BCUT2D eigenvalue weighted by Gasteiger charge is 2.17. The van der Waals surface area contributed by atoms with E-state index in [0.717, 1.165) is 39.5 Å². The Morgan fingerprint density at radius 2 is 1.55 bits per heavy atom. The predicted octanol–water partition coefficient (Wildman–Crippen LogP) is 6.37. The van der Waals surface area contributed by atoms with Gasteiger partial charge < -0.3 is 4.74 Å². The molecule has 0 bridgehead atoms. The highest BCUT2D eigenvalue weighted by Crippen LogP contribution is 2.28. The number of nitrogens with zero attached hydrogens (tertiary/aromatic N) is 4. The molecular weight excluding hydrogens is 518 g/mol. The molecule has 1 heterocycles. The number of rotatable bonds is 10. The Labute approximate surface area is 237 Å². The van der Waals surface area contributed by atoms with Crippen molar-refractivity contribution in [1.29, 1.82) is 0 Å². The topological polar surface area (TPSA) is 81.4 Å². The minimum atomic E-state index is -0.237. The maximum Gasteiger partial charge on any atom is 0.250 e. The van der Waals surface area contributed by atoms with Crippen molar-refractivity contribution in [2.75, 3.05) is 5.75 Å². The van der Waals surface area contributed by atoms with Gasteiger partial charge in [-0.05, 0) is 61.4 Å². The van der Waals surface area contributed by atoms with Gasteiger partial charge in [-0.3, -0.25) is 9.36 Å². The molecule has 0 aliphatic carbocycles. The van der Waals surface area contributed by atoms with E-state index in [2.05, 4.69) is 20.7 Å². The van der Waals surface area contributed by atoms with Crippen molar-refractivity contribution in [1.82, 2.24) is 20.2 Å². The number of hydrogen-bond donors (Lipinski definition) is 1. The summed E-state index contributed by atoms with van der Waals surface area (Å²) < 4.78 is 7.80. The van der Waals surface area contributed by atoms with E-state index in [1.165, 1.54) is 17.3 Å². The Morgan fingerprint density at radius 3 is 2.25 bits per heavy atom. The first-order chi connectivity index (χ1) is 19.5. The molecular formula is C32H29N5O2S.